The van der Waals surface area contributed by atoms with Gasteiger partial charge in [0.1, 0.15) is 11.5 Å². The first-order valence-corrected chi connectivity index (χ1v) is 9.73. The van der Waals surface area contributed by atoms with Gasteiger partial charge in [0.2, 0.25) is 0 Å². The Labute approximate surface area is 175 Å². The highest BCUT2D eigenvalue weighted by atomic mass is 79.9. The molecule has 1 aromatic heterocycles. The lowest BCUT2D eigenvalue weighted by atomic mass is 9.95. The molecule has 1 atom stereocenters. The van der Waals surface area contributed by atoms with Crippen molar-refractivity contribution in [3.05, 3.63) is 87.1 Å². The van der Waals surface area contributed by atoms with Crippen molar-refractivity contribution in [3.63, 3.8) is 0 Å². The molecule has 1 fully saturated rings. The van der Waals surface area contributed by atoms with Crippen molar-refractivity contribution in [2.75, 3.05) is 4.90 Å². The number of benzene rings is 2. The Kier molecular flexibility index (Phi) is 4.84. The van der Waals surface area contributed by atoms with Crippen LogP contribution in [0.4, 0.5) is 5.82 Å². The number of anilines is 1. The van der Waals surface area contributed by atoms with Crippen molar-refractivity contribution in [1.29, 1.82) is 0 Å². The van der Waals surface area contributed by atoms with Crippen LogP contribution in [0.25, 0.3) is 5.76 Å². The molecule has 146 valence electrons. The van der Waals surface area contributed by atoms with Crippen LogP contribution in [0.2, 0.25) is 0 Å². The van der Waals surface area contributed by atoms with Crippen LogP contribution in [0, 0.1) is 13.8 Å². The Morgan fingerprint density at radius 1 is 1.07 bits per heavy atom. The summed E-state index contributed by atoms with van der Waals surface area (Å²) in [7, 11) is 0. The molecule has 1 aliphatic heterocycles. The Hall–Kier alpha value is -3.19. The molecule has 0 unspecified atom stereocenters. The van der Waals surface area contributed by atoms with Crippen LogP contribution in [-0.2, 0) is 9.59 Å². The van der Waals surface area contributed by atoms with Gasteiger partial charge < -0.3 is 9.63 Å². The molecule has 7 heteroatoms. The van der Waals surface area contributed by atoms with Gasteiger partial charge in [-0.3, -0.25) is 14.5 Å². The molecular formula is C22H17BrN2O4. The van der Waals surface area contributed by atoms with E-state index in [4.69, 9.17) is 4.52 Å². The molecule has 4 rings (SSSR count). The third-order valence-electron chi connectivity index (χ3n) is 4.82. The summed E-state index contributed by atoms with van der Waals surface area (Å²) < 4.78 is 5.95. The van der Waals surface area contributed by atoms with Crippen molar-refractivity contribution >= 4 is 39.2 Å². The zero-order valence-corrected chi connectivity index (χ0v) is 17.3. The zero-order valence-electron chi connectivity index (χ0n) is 15.7. The van der Waals surface area contributed by atoms with Crippen LogP contribution >= 0.6 is 15.9 Å². The number of hydrogen-bond acceptors (Lipinski definition) is 5. The van der Waals surface area contributed by atoms with E-state index >= 15 is 0 Å². The summed E-state index contributed by atoms with van der Waals surface area (Å²) in [6, 6.07) is 15.1. The van der Waals surface area contributed by atoms with Crippen molar-refractivity contribution in [2.24, 2.45) is 0 Å². The molecule has 2 heterocycles. The molecule has 1 aliphatic rings. The van der Waals surface area contributed by atoms with E-state index in [1.54, 1.807) is 37.3 Å². The minimum absolute atomic E-state index is 0.0156. The first-order valence-electron chi connectivity index (χ1n) is 8.93. The summed E-state index contributed by atoms with van der Waals surface area (Å²) in [5.74, 6) is -1.02. The van der Waals surface area contributed by atoms with E-state index in [0.717, 1.165) is 10.0 Å². The largest absolute Gasteiger partial charge is 0.507 e. The molecule has 29 heavy (non-hydrogen) atoms. The molecule has 0 spiro atoms. The van der Waals surface area contributed by atoms with Gasteiger partial charge in [0.25, 0.3) is 5.78 Å². The number of aryl methyl sites for hydroxylation is 2. The van der Waals surface area contributed by atoms with Crippen molar-refractivity contribution in [1.82, 2.24) is 5.16 Å². The molecule has 0 aliphatic carbocycles. The van der Waals surface area contributed by atoms with Crippen LogP contribution in [0.5, 0.6) is 0 Å². The molecule has 2 aromatic carbocycles. The lowest BCUT2D eigenvalue weighted by Crippen LogP contribution is -2.29. The average molecular weight is 453 g/mol. The van der Waals surface area contributed by atoms with Crippen LogP contribution in [0.3, 0.4) is 0 Å². The number of aliphatic hydroxyl groups excluding tert-OH is 1. The number of nitrogens with zero attached hydrogens (tertiary/aromatic N) is 2. The van der Waals surface area contributed by atoms with Gasteiger partial charge in [-0.05, 0) is 31.5 Å². The molecular weight excluding hydrogens is 436 g/mol. The van der Waals surface area contributed by atoms with E-state index in [9.17, 15) is 14.7 Å². The van der Waals surface area contributed by atoms with Gasteiger partial charge in [-0.15, -0.1) is 0 Å². The Balaban J connectivity index is 1.93. The topological polar surface area (TPSA) is 83.6 Å². The average Bonchev–Trinajstić information content (AvgIpc) is 3.24. The van der Waals surface area contributed by atoms with Gasteiger partial charge in [0.15, 0.2) is 5.82 Å². The van der Waals surface area contributed by atoms with Crippen molar-refractivity contribution in [3.8, 4) is 0 Å². The fourth-order valence-electron chi connectivity index (χ4n) is 3.36. The monoisotopic (exact) mass is 452 g/mol. The summed E-state index contributed by atoms with van der Waals surface area (Å²) in [5, 5.41) is 14.9. The summed E-state index contributed by atoms with van der Waals surface area (Å²) >= 11 is 3.35. The number of amides is 1. The first kappa shape index (κ1) is 19.1. The number of aromatic nitrogens is 1. The summed E-state index contributed by atoms with van der Waals surface area (Å²) in [4.78, 5) is 27.1. The van der Waals surface area contributed by atoms with Crippen LogP contribution in [0.1, 0.15) is 28.5 Å². The number of Topliss-reactive ketones (excluding diaryl/α,β-unsaturated/α-hetero) is 1. The lowest BCUT2D eigenvalue weighted by molar-refractivity contribution is -0.132. The summed E-state index contributed by atoms with van der Waals surface area (Å²) in [6.07, 6.45) is 0. The maximum absolute atomic E-state index is 13.0. The van der Waals surface area contributed by atoms with E-state index in [2.05, 4.69) is 21.1 Å². The SMILES string of the molecule is Cc1ccc([C@H]2C(=C(O)c3ccc(Br)cc3)C(=O)C(=O)N2c2cc(C)on2)cc1. The van der Waals surface area contributed by atoms with Crippen LogP contribution in [-0.4, -0.2) is 22.0 Å². The standard InChI is InChI=1S/C22H17BrN2O4/c1-12-3-5-14(6-4-12)19-18(20(26)15-7-9-16(23)10-8-15)21(27)22(28)25(19)17-11-13(2)29-24-17/h3-11,19,26H,1-2H3/t19-/m0/s1. The quantitative estimate of drug-likeness (QED) is 0.354. The van der Waals surface area contributed by atoms with Crippen LogP contribution in [0.15, 0.2) is 69.2 Å². The number of carbonyl (C=O) groups excluding carboxylic acids is 2. The second kappa shape index (κ2) is 7.33. The third-order valence-corrected chi connectivity index (χ3v) is 5.35. The maximum Gasteiger partial charge on any atom is 0.301 e. The predicted molar refractivity (Wildman–Crippen MR) is 111 cm³/mol. The van der Waals surface area contributed by atoms with Gasteiger partial charge in [-0.1, -0.05) is 63.0 Å². The number of hydrogen-bond donors (Lipinski definition) is 1. The highest BCUT2D eigenvalue weighted by molar-refractivity contribution is 9.10. The molecule has 6 nitrogen and oxygen atoms in total. The normalized spacial score (nSPS) is 18.4. The fourth-order valence-corrected chi connectivity index (χ4v) is 3.63. The van der Waals surface area contributed by atoms with Gasteiger partial charge >= 0.3 is 5.91 Å². The number of rotatable bonds is 3. The Morgan fingerprint density at radius 3 is 2.31 bits per heavy atom. The molecule has 3 aromatic rings. The van der Waals surface area contributed by atoms with Gasteiger partial charge in [-0.2, -0.15) is 0 Å². The molecule has 1 saturated heterocycles. The van der Waals surface area contributed by atoms with E-state index in [1.807, 2.05) is 31.2 Å². The molecule has 1 amide bonds. The summed E-state index contributed by atoms with van der Waals surface area (Å²) in [5.41, 5.74) is 2.19. The van der Waals surface area contributed by atoms with E-state index < -0.39 is 17.7 Å². The van der Waals surface area contributed by atoms with E-state index in [0.29, 0.717) is 16.9 Å². The third kappa shape index (κ3) is 3.38. The van der Waals surface area contributed by atoms with E-state index in [-0.39, 0.29) is 17.2 Å². The van der Waals surface area contributed by atoms with Gasteiger partial charge in [-0.25, -0.2) is 0 Å². The Morgan fingerprint density at radius 2 is 1.72 bits per heavy atom. The highest BCUT2D eigenvalue weighted by Crippen LogP contribution is 2.41. The van der Waals surface area contributed by atoms with Crippen molar-refractivity contribution in [2.45, 2.75) is 19.9 Å². The van der Waals surface area contributed by atoms with Gasteiger partial charge in [0.05, 0.1) is 11.6 Å². The van der Waals surface area contributed by atoms with Gasteiger partial charge in [0, 0.05) is 16.1 Å². The fraction of sp³-hybridized carbons (Fsp3) is 0.136. The molecule has 0 saturated carbocycles. The number of ketones is 1. The maximum atomic E-state index is 13.0. The van der Waals surface area contributed by atoms with Crippen LogP contribution < -0.4 is 4.90 Å². The molecule has 0 radical (unpaired) electrons. The number of aliphatic hydroxyl groups is 1. The molecule has 0 bridgehead atoms. The summed E-state index contributed by atoms with van der Waals surface area (Å²) in [6.45, 7) is 3.65. The molecule has 1 N–H and O–H groups in total. The second-order valence-electron chi connectivity index (χ2n) is 6.88. The smallest absolute Gasteiger partial charge is 0.301 e. The zero-order chi connectivity index (χ0) is 20.7. The highest BCUT2D eigenvalue weighted by Gasteiger charge is 2.48. The number of carbonyl (C=O) groups is 2. The Bertz CT molecular complexity index is 1130. The minimum atomic E-state index is -0.816. The number of halogens is 1. The van der Waals surface area contributed by atoms with Crippen molar-refractivity contribution < 1.29 is 19.2 Å². The predicted octanol–water partition coefficient (Wildman–Crippen LogP) is 4.68. The minimum Gasteiger partial charge on any atom is -0.507 e. The van der Waals surface area contributed by atoms with E-state index in [1.165, 1.54) is 4.90 Å². The first-order chi connectivity index (χ1) is 13.9. The second-order valence-corrected chi connectivity index (χ2v) is 7.80. The lowest BCUT2D eigenvalue weighted by Gasteiger charge is -2.23.